The van der Waals surface area contributed by atoms with Gasteiger partial charge in [-0.05, 0) is 13.0 Å². The van der Waals surface area contributed by atoms with E-state index in [1.165, 1.54) is 6.92 Å². The van der Waals surface area contributed by atoms with Crippen LogP contribution in [0.5, 0.6) is 0 Å². The van der Waals surface area contributed by atoms with Gasteiger partial charge >= 0.3 is 0 Å². The van der Waals surface area contributed by atoms with Gasteiger partial charge in [-0.2, -0.15) is 0 Å². The van der Waals surface area contributed by atoms with E-state index in [0.29, 0.717) is 5.41 Å². The molecule has 2 saturated heterocycles. The van der Waals surface area contributed by atoms with Crippen molar-refractivity contribution in [2.75, 3.05) is 53.0 Å². The third kappa shape index (κ3) is 3.45. The average molecular weight is 269 g/mol. The van der Waals surface area contributed by atoms with Gasteiger partial charge in [0.25, 0.3) is 0 Å². The number of hydrogen-bond acceptors (Lipinski definition) is 4. The van der Waals surface area contributed by atoms with Crippen LogP contribution in [0.2, 0.25) is 0 Å². The Morgan fingerprint density at radius 2 is 2.05 bits per heavy atom. The van der Waals surface area contributed by atoms with Crippen LogP contribution >= 0.6 is 0 Å². The van der Waals surface area contributed by atoms with E-state index >= 15 is 0 Å². The van der Waals surface area contributed by atoms with E-state index in [0.717, 1.165) is 45.8 Å². The van der Waals surface area contributed by atoms with Crippen LogP contribution in [-0.2, 0) is 14.3 Å². The summed E-state index contributed by atoms with van der Waals surface area (Å²) in [6.45, 7) is 7.09. The first-order chi connectivity index (χ1) is 9.04. The fourth-order valence-electron chi connectivity index (χ4n) is 2.95. The molecule has 0 saturated carbocycles. The molecule has 1 N–H and O–H groups in total. The highest BCUT2D eigenvalue weighted by atomic mass is 16.5. The lowest BCUT2D eigenvalue weighted by atomic mass is 9.79. The summed E-state index contributed by atoms with van der Waals surface area (Å²) in [5, 5.41) is 2.55. The number of nitrogens with zero attached hydrogens (tertiary/aromatic N) is 2. The lowest BCUT2D eigenvalue weighted by molar-refractivity contribution is -0.142. The predicted octanol–water partition coefficient (Wildman–Crippen LogP) is -0.697. The number of hydrogen-bond donors (Lipinski definition) is 1. The van der Waals surface area contributed by atoms with Gasteiger partial charge in [0.15, 0.2) is 0 Å². The van der Waals surface area contributed by atoms with E-state index in [1.54, 1.807) is 7.11 Å². The van der Waals surface area contributed by atoms with E-state index in [1.807, 2.05) is 4.90 Å². The molecule has 0 aromatic rings. The van der Waals surface area contributed by atoms with Crippen LogP contribution in [0.1, 0.15) is 13.3 Å². The van der Waals surface area contributed by atoms with Crippen LogP contribution < -0.4 is 5.32 Å². The molecule has 0 aromatic carbocycles. The molecule has 0 atom stereocenters. The van der Waals surface area contributed by atoms with Crippen LogP contribution in [0.3, 0.4) is 0 Å². The van der Waals surface area contributed by atoms with Crippen molar-refractivity contribution in [3.05, 3.63) is 0 Å². The molecule has 2 rings (SSSR count). The minimum absolute atomic E-state index is 0.0242. The Labute approximate surface area is 114 Å². The van der Waals surface area contributed by atoms with Crippen LogP contribution in [0, 0.1) is 5.41 Å². The number of methoxy groups -OCH3 is 1. The molecule has 0 aromatic heterocycles. The molecule has 19 heavy (non-hydrogen) atoms. The molecule has 6 heteroatoms. The third-order valence-electron chi connectivity index (χ3n) is 4.02. The SMILES string of the molecule is COCCN1CCC2(C1)CN(C(=O)CNC(C)=O)C2. The number of likely N-dealkylation sites (tertiary alicyclic amines) is 2. The van der Waals surface area contributed by atoms with Crippen molar-refractivity contribution in [1.82, 2.24) is 15.1 Å². The molecule has 0 bridgehead atoms. The van der Waals surface area contributed by atoms with Crippen molar-refractivity contribution in [3.8, 4) is 0 Å². The average Bonchev–Trinajstić information content (AvgIpc) is 2.76. The smallest absolute Gasteiger partial charge is 0.242 e. The highest BCUT2D eigenvalue weighted by molar-refractivity contribution is 5.84. The molecular weight excluding hydrogens is 246 g/mol. The van der Waals surface area contributed by atoms with Crippen molar-refractivity contribution in [2.24, 2.45) is 5.41 Å². The summed E-state index contributed by atoms with van der Waals surface area (Å²) in [7, 11) is 1.72. The fourth-order valence-corrected chi connectivity index (χ4v) is 2.95. The summed E-state index contributed by atoms with van der Waals surface area (Å²) in [5.74, 6) is -0.133. The monoisotopic (exact) mass is 269 g/mol. The maximum absolute atomic E-state index is 11.8. The lowest BCUT2D eigenvalue weighted by Crippen LogP contribution is -2.61. The number of amides is 2. The zero-order chi connectivity index (χ0) is 13.9. The topological polar surface area (TPSA) is 61.9 Å². The number of carbonyl (C=O) groups excluding carboxylic acids is 2. The van der Waals surface area contributed by atoms with Gasteiger partial charge in [-0.1, -0.05) is 0 Å². The molecule has 108 valence electrons. The Hall–Kier alpha value is -1.14. The molecular formula is C13H23N3O3. The number of rotatable bonds is 5. The van der Waals surface area contributed by atoms with Gasteiger partial charge in [0.2, 0.25) is 11.8 Å². The summed E-state index contributed by atoms with van der Waals surface area (Å²) >= 11 is 0. The summed E-state index contributed by atoms with van der Waals surface area (Å²) in [6, 6.07) is 0. The van der Waals surface area contributed by atoms with Crippen molar-refractivity contribution in [1.29, 1.82) is 0 Å². The Kier molecular flexibility index (Phi) is 4.42. The Morgan fingerprint density at radius 1 is 1.32 bits per heavy atom. The second-order valence-electron chi connectivity index (χ2n) is 5.68. The van der Waals surface area contributed by atoms with Gasteiger partial charge in [0, 0.05) is 45.6 Å². The molecule has 2 fully saturated rings. The number of carbonyl (C=O) groups is 2. The van der Waals surface area contributed by atoms with Crippen molar-refractivity contribution in [3.63, 3.8) is 0 Å². The van der Waals surface area contributed by atoms with Crippen molar-refractivity contribution in [2.45, 2.75) is 13.3 Å². The van der Waals surface area contributed by atoms with Gasteiger partial charge in [0.05, 0.1) is 13.2 Å². The van der Waals surface area contributed by atoms with E-state index in [9.17, 15) is 9.59 Å². The van der Waals surface area contributed by atoms with Crippen LogP contribution in [-0.4, -0.2) is 74.6 Å². The molecule has 0 radical (unpaired) electrons. The van der Waals surface area contributed by atoms with Gasteiger partial charge in [-0.25, -0.2) is 0 Å². The predicted molar refractivity (Wildman–Crippen MR) is 70.6 cm³/mol. The van der Waals surface area contributed by atoms with Crippen LogP contribution in [0.4, 0.5) is 0 Å². The zero-order valence-electron chi connectivity index (χ0n) is 11.8. The molecule has 6 nitrogen and oxygen atoms in total. The largest absolute Gasteiger partial charge is 0.383 e. The Balaban J connectivity index is 1.70. The van der Waals surface area contributed by atoms with Crippen LogP contribution in [0.25, 0.3) is 0 Å². The summed E-state index contributed by atoms with van der Waals surface area (Å²) in [6.07, 6.45) is 1.15. The standard InChI is InChI=1S/C13H23N3O3/c1-11(17)14-7-12(18)16-9-13(10-16)3-4-15(8-13)5-6-19-2/h3-10H2,1-2H3,(H,14,17). The first-order valence-electron chi connectivity index (χ1n) is 6.78. The van der Waals surface area contributed by atoms with E-state index in [-0.39, 0.29) is 18.4 Å². The fraction of sp³-hybridized carbons (Fsp3) is 0.846. The normalized spacial score (nSPS) is 21.5. The lowest BCUT2D eigenvalue weighted by Gasteiger charge is -2.48. The second-order valence-corrected chi connectivity index (χ2v) is 5.68. The molecule has 2 aliphatic heterocycles. The summed E-state index contributed by atoms with van der Waals surface area (Å²) in [5.41, 5.74) is 0.291. The first-order valence-corrected chi connectivity index (χ1v) is 6.78. The maximum Gasteiger partial charge on any atom is 0.242 e. The van der Waals surface area contributed by atoms with E-state index < -0.39 is 0 Å². The maximum atomic E-state index is 11.8. The van der Waals surface area contributed by atoms with E-state index in [4.69, 9.17) is 4.74 Å². The zero-order valence-corrected chi connectivity index (χ0v) is 11.8. The Bertz CT molecular complexity index is 353. The second kappa shape index (κ2) is 5.88. The molecule has 2 aliphatic rings. The first kappa shape index (κ1) is 14.3. The number of ether oxygens (including phenoxy) is 1. The quantitative estimate of drug-likeness (QED) is 0.717. The van der Waals surface area contributed by atoms with Gasteiger partial charge < -0.3 is 19.9 Å². The molecule has 0 aliphatic carbocycles. The van der Waals surface area contributed by atoms with Crippen LogP contribution in [0.15, 0.2) is 0 Å². The van der Waals surface area contributed by atoms with Gasteiger partial charge in [-0.15, -0.1) is 0 Å². The molecule has 2 amide bonds. The van der Waals surface area contributed by atoms with Gasteiger partial charge in [-0.3, -0.25) is 9.59 Å². The summed E-state index contributed by atoms with van der Waals surface area (Å²) in [4.78, 5) is 26.8. The highest BCUT2D eigenvalue weighted by Gasteiger charge is 2.48. The number of nitrogens with one attached hydrogen (secondary N) is 1. The van der Waals surface area contributed by atoms with Gasteiger partial charge in [0.1, 0.15) is 0 Å². The van der Waals surface area contributed by atoms with E-state index in [2.05, 4.69) is 10.2 Å². The third-order valence-corrected chi connectivity index (χ3v) is 4.02. The minimum atomic E-state index is -0.157. The van der Waals surface area contributed by atoms with Crippen molar-refractivity contribution < 1.29 is 14.3 Å². The Morgan fingerprint density at radius 3 is 2.68 bits per heavy atom. The van der Waals surface area contributed by atoms with Crippen molar-refractivity contribution >= 4 is 11.8 Å². The molecule has 0 unspecified atom stereocenters. The molecule has 1 spiro atoms. The minimum Gasteiger partial charge on any atom is -0.383 e. The molecule has 2 heterocycles. The highest BCUT2D eigenvalue weighted by Crippen LogP contribution is 2.39. The summed E-state index contributed by atoms with van der Waals surface area (Å²) < 4.78 is 5.09.